The third-order valence-corrected chi connectivity index (χ3v) is 6.48. The SMILES string of the molecule is Cc1c(C(=O)N2CCSC(c3cc(F)ccc3F)CC2)cnn1-c1ccccc1. The van der Waals surface area contributed by atoms with Gasteiger partial charge in [0.05, 0.1) is 23.1 Å². The van der Waals surface area contributed by atoms with Gasteiger partial charge in [0.1, 0.15) is 11.6 Å². The van der Waals surface area contributed by atoms with Crippen molar-refractivity contribution in [3.8, 4) is 5.69 Å². The normalized spacial score (nSPS) is 17.2. The van der Waals surface area contributed by atoms with Crippen LogP contribution in [0.4, 0.5) is 8.78 Å². The molecular weight excluding hydrogens is 392 g/mol. The quantitative estimate of drug-likeness (QED) is 0.620. The van der Waals surface area contributed by atoms with E-state index >= 15 is 0 Å². The molecule has 1 fully saturated rings. The van der Waals surface area contributed by atoms with E-state index in [0.717, 1.165) is 17.4 Å². The summed E-state index contributed by atoms with van der Waals surface area (Å²) in [6, 6.07) is 13.2. The number of para-hydroxylation sites is 1. The molecule has 1 unspecified atom stereocenters. The van der Waals surface area contributed by atoms with Crippen molar-refractivity contribution < 1.29 is 13.6 Å². The lowest BCUT2D eigenvalue weighted by atomic mass is 10.1. The fourth-order valence-corrected chi connectivity index (χ4v) is 4.85. The van der Waals surface area contributed by atoms with Crippen molar-refractivity contribution >= 4 is 17.7 Å². The first-order valence-electron chi connectivity index (χ1n) is 9.50. The average Bonchev–Trinajstić information content (AvgIpc) is 2.95. The van der Waals surface area contributed by atoms with E-state index in [9.17, 15) is 13.6 Å². The lowest BCUT2D eigenvalue weighted by Gasteiger charge is -2.20. The summed E-state index contributed by atoms with van der Waals surface area (Å²) < 4.78 is 29.5. The van der Waals surface area contributed by atoms with Gasteiger partial charge in [-0.3, -0.25) is 4.79 Å². The van der Waals surface area contributed by atoms with Gasteiger partial charge in [-0.2, -0.15) is 16.9 Å². The summed E-state index contributed by atoms with van der Waals surface area (Å²) >= 11 is 1.56. The molecule has 3 aromatic rings. The number of benzene rings is 2. The summed E-state index contributed by atoms with van der Waals surface area (Å²) in [5, 5.41) is 4.21. The number of nitrogens with zero attached hydrogens (tertiary/aromatic N) is 3. The monoisotopic (exact) mass is 413 g/mol. The summed E-state index contributed by atoms with van der Waals surface area (Å²) in [5.74, 6) is -0.254. The van der Waals surface area contributed by atoms with Gasteiger partial charge in [-0.15, -0.1) is 0 Å². The van der Waals surface area contributed by atoms with Gasteiger partial charge < -0.3 is 4.90 Å². The third-order valence-electron chi connectivity index (χ3n) is 5.17. The van der Waals surface area contributed by atoms with Gasteiger partial charge in [-0.1, -0.05) is 18.2 Å². The lowest BCUT2D eigenvalue weighted by Crippen LogP contribution is -2.33. The smallest absolute Gasteiger partial charge is 0.257 e. The molecule has 1 amide bonds. The highest BCUT2D eigenvalue weighted by Gasteiger charge is 2.26. The molecule has 1 atom stereocenters. The number of thioether (sulfide) groups is 1. The van der Waals surface area contributed by atoms with Crippen LogP contribution in [-0.4, -0.2) is 39.4 Å². The van der Waals surface area contributed by atoms with Crippen LogP contribution in [0.3, 0.4) is 0 Å². The van der Waals surface area contributed by atoms with Gasteiger partial charge in [0.2, 0.25) is 0 Å². The summed E-state index contributed by atoms with van der Waals surface area (Å²) in [4.78, 5) is 14.9. The molecule has 7 heteroatoms. The fraction of sp³-hybridized carbons (Fsp3) is 0.273. The molecule has 2 heterocycles. The maximum Gasteiger partial charge on any atom is 0.257 e. The Balaban J connectivity index is 1.51. The number of aromatic nitrogens is 2. The van der Waals surface area contributed by atoms with E-state index in [1.165, 1.54) is 12.1 Å². The van der Waals surface area contributed by atoms with Crippen LogP contribution in [0.15, 0.2) is 54.7 Å². The molecule has 4 rings (SSSR count). The van der Waals surface area contributed by atoms with E-state index in [1.807, 2.05) is 37.3 Å². The number of rotatable bonds is 3. The summed E-state index contributed by atoms with van der Waals surface area (Å²) in [6.07, 6.45) is 2.18. The van der Waals surface area contributed by atoms with Crippen molar-refractivity contribution in [3.05, 3.63) is 83.2 Å². The Bertz CT molecular complexity index is 1020. The van der Waals surface area contributed by atoms with Crippen LogP contribution in [0.2, 0.25) is 0 Å². The van der Waals surface area contributed by atoms with Crippen molar-refractivity contribution in [2.24, 2.45) is 0 Å². The van der Waals surface area contributed by atoms with Gasteiger partial charge in [-0.25, -0.2) is 13.5 Å². The van der Waals surface area contributed by atoms with E-state index in [4.69, 9.17) is 0 Å². The zero-order valence-electron chi connectivity index (χ0n) is 16.0. The van der Waals surface area contributed by atoms with Crippen molar-refractivity contribution in [2.75, 3.05) is 18.8 Å². The van der Waals surface area contributed by atoms with Gasteiger partial charge in [0, 0.05) is 29.7 Å². The van der Waals surface area contributed by atoms with Crippen LogP contribution in [0.25, 0.3) is 5.69 Å². The van der Waals surface area contributed by atoms with Crippen LogP contribution < -0.4 is 0 Å². The zero-order valence-corrected chi connectivity index (χ0v) is 16.8. The summed E-state index contributed by atoms with van der Waals surface area (Å²) in [5.41, 5.74) is 2.62. The Hall–Kier alpha value is -2.67. The summed E-state index contributed by atoms with van der Waals surface area (Å²) in [7, 11) is 0. The van der Waals surface area contributed by atoms with Gasteiger partial charge in [-0.05, 0) is 43.7 Å². The number of hydrogen-bond acceptors (Lipinski definition) is 3. The average molecular weight is 413 g/mol. The zero-order chi connectivity index (χ0) is 20.4. The minimum atomic E-state index is -0.442. The molecule has 0 aliphatic carbocycles. The largest absolute Gasteiger partial charge is 0.338 e. The predicted octanol–water partition coefficient (Wildman–Crippen LogP) is 4.78. The predicted molar refractivity (Wildman–Crippen MR) is 110 cm³/mol. The van der Waals surface area contributed by atoms with Crippen LogP contribution in [0.1, 0.15) is 33.3 Å². The highest BCUT2D eigenvalue weighted by Crippen LogP contribution is 2.36. The molecule has 1 aliphatic heterocycles. The van der Waals surface area contributed by atoms with Crippen molar-refractivity contribution in [1.82, 2.24) is 14.7 Å². The van der Waals surface area contributed by atoms with E-state index in [2.05, 4.69) is 5.10 Å². The second kappa shape index (κ2) is 8.37. The minimum Gasteiger partial charge on any atom is -0.338 e. The first-order valence-corrected chi connectivity index (χ1v) is 10.6. The molecule has 1 aromatic heterocycles. The lowest BCUT2D eigenvalue weighted by molar-refractivity contribution is 0.0766. The molecule has 0 N–H and O–H groups in total. The topological polar surface area (TPSA) is 38.1 Å². The number of amides is 1. The number of carbonyl (C=O) groups is 1. The highest BCUT2D eigenvalue weighted by molar-refractivity contribution is 7.99. The molecular formula is C22H21F2N3OS. The minimum absolute atomic E-state index is 0.0781. The molecule has 0 spiro atoms. The van der Waals surface area contributed by atoms with Crippen molar-refractivity contribution in [2.45, 2.75) is 18.6 Å². The van der Waals surface area contributed by atoms with E-state index in [1.54, 1.807) is 27.5 Å². The molecule has 1 saturated heterocycles. The van der Waals surface area contributed by atoms with Gasteiger partial charge >= 0.3 is 0 Å². The molecule has 4 nitrogen and oxygen atoms in total. The maximum atomic E-state index is 14.2. The molecule has 1 aliphatic rings. The van der Waals surface area contributed by atoms with Gasteiger partial charge in [0.15, 0.2) is 0 Å². The molecule has 2 aromatic carbocycles. The number of hydrogen-bond donors (Lipinski definition) is 0. The summed E-state index contributed by atoms with van der Waals surface area (Å²) in [6.45, 7) is 2.93. The van der Waals surface area contributed by atoms with Crippen molar-refractivity contribution in [3.63, 3.8) is 0 Å². The standard InChI is InChI=1S/C22H21F2N3OS/c1-15-19(14-25-27(15)17-5-3-2-4-6-17)22(28)26-10-9-21(29-12-11-26)18-13-16(23)7-8-20(18)24/h2-8,13-14,21H,9-12H2,1H3. The second-order valence-electron chi connectivity index (χ2n) is 7.00. The Labute approximate surface area is 172 Å². The van der Waals surface area contributed by atoms with E-state index < -0.39 is 11.6 Å². The third kappa shape index (κ3) is 4.05. The molecule has 0 saturated carbocycles. The molecule has 150 valence electrons. The van der Waals surface area contributed by atoms with Crippen LogP contribution in [-0.2, 0) is 0 Å². The number of halogens is 2. The van der Waals surface area contributed by atoms with Gasteiger partial charge in [0.25, 0.3) is 5.91 Å². The van der Waals surface area contributed by atoms with Crippen LogP contribution >= 0.6 is 11.8 Å². The first-order chi connectivity index (χ1) is 14.0. The first kappa shape index (κ1) is 19.6. The Kier molecular flexibility index (Phi) is 5.67. The Morgan fingerprint density at radius 2 is 1.93 bits per heavy atom. The second-order valence-corrected chi connectivity index (χ2v) is 8.31. The fourth-order valence-electron chi connectivity index (χ4n) is 3.60. The molecule has 0 bridgehead atoms. The Morgan fingerprint density at radius 1 is 1.14 bits per heavy atom. The van der Waals surface area contributed by atoms with E-state index in [-0.39, 0.29) is 11.2 Å². The van der Waals surface area contributed by atoms with Crippen LogP contribution in [0.5, 0.6) is 0 Å². The van der Waals surface area contributed by atoms with E-state index in [0.29, 0.717) is 36.4 Å². The highest BCUT2D eigenvalue weighted by atomic mass is 32.2. The molecule has 0 radical (unpaired) electrons. The molecule has 29 heavy (non-hydrogen) atoms. The van der Waals surface area contributed by atoms with Crippen molar-refractivity contribution in [1.29, 1.82) is 0 Å². The number of carbonyl (C=O) groups excluding carboxylic acids is 1. The van der Waals surface area contributed by atoms with Crippen LogP contribution in [0, 0.1) is 18.6 Å². The maximum absolute atomic E-state index is 14.2. The Morgan fingerprint density at radius 3 is 2.72 bits per heavy atom.